The first kappa shape index (κ1) is 17.8. The van der Waals surface area contributed by atoms with Crippen molar-refractivity contribution in [1.29, 1.82) is 0 Å². The van der Waals surface area contributed by atoms with E-state index in [4.69, 9.17) is 11.6 Å². The number of aryl methyl sites for hydroxylation is 1. The maximum atomic E-state index is 12.3. The fourth-order valence-corrected chi connectivity index (χ4v) is 3.76. The summed E-state index contributed by atoms with van der Waals surface area (Å²) in [6.07, 6.45) is 1.57. The first-order valence-electron chi connectivity index (χ1n) is 8.13. The highest BCUT2D eigenvalue weighted by molar-refractivity contribution is 8.01. The van der Waals surface area contributed by atoms with E-state index in [2.05, 4.69) is 10.6 Å². The lowest BCUT2D eigenvalue weighted by atomic mass is 10.1. The Morgan fingerprint density at radius 1 is 1.20 bits per heavy atom. The molecule has 25 heavy (non-hydrogen) atoms. The number of hydrogen-bond acceptors (Lipinski definition) is 3. The van der Waals surface area contributed by atoms with Crippen molar-refractivity contribution in [1.82, 2.24) is 5.32 Å². The molecule has 0 saturated heterocycles. The number of carbonyl (C=O) groups excluding carboxylic acids is 2. The number of nitrogens with one attached hydrogen (secondary N) is 2. The third-order valence-electron chi connectivity index (χ3n) is 4.06. The summed E-state index contributed by atoms with van der Waals surface area (Å²) in [5, 5.41) is 6.28. The van der Waals surface area contributed by atoms with Crippen LogP contribution in [0.5, 0.6) is 0 Å². The molecule has 0 unspecified atom stereocenters. The van der Waals surface area contributed by atoms with Crippen LogP contribution in [0.2, 0.25) is 5.02 Å². The smallest absolute Gasteiger partial charge is 0.237 e. The molecule has 1 atom stereocenters. The van der Waals surface area contributed by atoms with E-state index in [0.717, 1.165) is 29.7 Å². The van der Waals surface area contributed by atoms with Gasteiger partial charge in [-0.25, -0.2) is 0 Å². The number of thioether (sulfide) groups is 1. The van der Waals surface area contributed by atoms with Crippen molar-refractivity contribution in [2.24, 2.45) is 0 Å². The Hall–Kier alpha value is -1.98. The van der Waals surface area contributed by atoms with Crippen LogP contribution in [0.3, 0.4) is 0 Å². The van der Waals surface area contributed by atoms with Crippen LogP contribution < -0.4 is 10.6 Å². The van der Waals surface area contributed by atoms with Gasteiger partial charge in [0.2, 0.25) is 11.8 Å². The van der Waals surface area contributed by atoms with Crippen molar-refractivity contribution >= 4 is 40.9 Å². The third-order valence-corrected chi connectivity index (χ3v) is 5.60. The van der Waals surface area contributed by atoms with Crippen molar-refractivity contribution < 1.29 is 9.59 Å². The number of rotatable bonds is 5. The van der Waals surface area contributed by atoms with Gasteiger partial charge in [-0.2, -0.15) is 0 Å². The SMILES string of the molecule is O=C(CS[C@@H]1CCc2ccccc2NC1=O)NCc1ccc(Cl)cc1. The predicted octanol–water partition coefficient (Wildman–Crippen LogP) is 3.64. The molecule has 0 saturated carbocycles. The largest absolute Gasteiger partial charge is 0.351 e. The highest BCUT2D eigenvalue weighted by Gasteiger charge is 2.24. The number of carbonyl (C=O) groups is 2. The molecule has 0 bridgehead atoms. The molecule has 2 amide bonds. The minimum absolute atomic E-state index is 0.0274. The van der Waals surface area contributed by atoms with E-state index in [-0.39, 0.29) is 22.8 Å². The molecule has 1 heterocycles. The number of halogens is 1. The molecule has 1 aliphatic rings. The zero-order chi connectivity index (χ0) is 17.6. The maximum absolute atomic E-state index is 12.3. The van der Waals surface area contributed by atoms with E-state index < -0.39 is 0 Å². The van der Waals surface area contributed by atoms with E-state index >= 15 is 0 Å². The van der Waals surface area contributed by atoms with Gasteiger partial charge < -0.3 is 10.6 Å². The number of benzene rings is 2. The van der Waals surface area contributed by atoms with Crippen LogP contribution >= 0.6 is 23.4 Å². The van der Waals surface area contributed by atoms with Crippen LogP contribution in [0.25, 0.3) is 0 Å². The van der Waals surface area contributed by atoms with E-state index in [1.165, 1.54) is 11.8 Å². The van der Waals surface area contributed by atoms with Gasteiger partial charge >= 0.3 is 0 Å². The van der Waals surface area contributed by atoms with Gasteiger partial charge in [0.25, 0.3) is 0 Å². The van der Waals surface area contributed by atoms with E-state index in [0.29, 0.717) is 11.6 Å². The lowest BCUT2D eigenvalue weighted by Gasteiger charge is -2.12. The summed E-state index contributed by atoms with van der Waals surface area (Å²) in [7, 11) is 0. The Bertz CT molecular complexity index is 764. The summed E-state index contributed by atoms with van der Waals surface area (Å²) in [5.74, 6) is 0.164. The van der Waals surface area contributed by atoms with Crippen molar-refractivity contribution in [2.75, 3.05) is 11.1 Å². The van der Waals surface area contributed by atoms with Gasteiger partial charge in [0, 0.05) is 17.3 Å². The second-order valence-corrected chi connectivity index (χ2v) is 7.52. The van der Waals surface area contributed by atoms with Crippen LogP contribution in [0, 0.1) is 0 Å². The van der Waals surface area contributed by atoms with Gasteiger partial charge in [-0.1, -0.05) is 41.9 Å². The second kappa shape index (κ2) is 8.41. The Labute approximate surface area is 156 Å². The fourth-order valence-electron chi connectivity index (χ4n) is 2.68. The highest BCUT2D eigenvalue weighted by Crippen LogP contribution is 2.26. The molecular weight excluding hydrogens is 356 g/mol. The Kier molecular flexibility index (Phi) is 6.00. The third kappa shape index (κ3) is 5.00. The molecule has 0 aromatic heterocycles. The molecule has 0 aliphatic carbocycles. The zero-order valence-corrected chi connectivity index (χ0v) is 15.2. The topological polar surface area (TPSA) is 58.2 Å². The molecule has 2 aromatic rings. The minimum atomic E-state index is -0.214. The average Bonchev–Trinajstić information content (AvgIpc) is 2.78. The minimum Gasteiger partial charge on any atom is -0.351 e. The predicted molar refractivity (Wildman–Crippen MR) is 103 cm³/mol. The molecule has 2 N–H and O–H groups in total. The van der Waals surface area contributed by atoms with Gasteiger partial charge in [-0.3, -0.25) is 9.59 Å². The summed E-state index contributed by atoms with van der Waals surface area (Å²) < 4.78 is 0. The second-order valence-electron chi connectivity index (χ2n) is 5.89. The van der Waals surface area contributed by atoms with Gasteiger partial charge in [-0.15, -0.1) is 11.8 Å². The van der Waals surface area contributed by atoms with Crippen LogP contribution in [0.1, 0.15) is 17.5 Å². The molecule has 4 nitrogen and oxygen atoms in total. The van der Waals surface area contributed by atoms with Crippen LogP contribution in [0.15, 0.2) is 48.5 Å². The summed E-state index contributed by atoms with van der Waals surface area (Å²) >= 11 is 7.23. The zero-order valence-electron chi connectivity index (χ0n) is 13.6. The number of anilines is 1. The molecule has 6 heteroatoms. The summed E-state index contributed by atoms with van der Waals surface area (Å²) in [6.45, 7) is 0.457. The number of para-hydroxylation sites is 1. The summed E-state index contributed by atoms with van der Waals surface area (Å²) in [5.41, 5.74) is 3.01. The number of amides is 2. The van der Waals surface area contributed by atoms with Gasteiger partial charge in [0.05, 0.1) is 11.0 Å². The van der Waals surface area contributed by atoms with Crippen molar-refractivity contribution in [2.45, 2.75) is 24.6 Å². The fraction of sp³-hybridized carbons (Fsp3) is 0.263. The molecule has 0 fully saturated rings. The van der Waals surface area contributed by atoms with E-state index in [1.54, 1.807) is 12.1 Å². The molecule has 2 aromatic carbocycles. The summed E-state index contributed by atoms with van der Waals surface area (Å²) in [4.78, 5) is 24.4. The Morgan fingerprint density at radius 2 is 1.96 bits per heavy atom. The van der Waals surface area contributed by atoms with Crippen molar-refractivity contribution in [3.8, 4) is 0 Å². The van der Waals surface area contributed by atoms with Crippen LogP contribution in [-0.4, -0.2) is 22.8 Å². The van der Waals surface area contributed by atoms with Gasteiger partial charge in [0.1, 0.15) is 0 Å². The normalized spacial score (nSPS) is 16.5. The molecule has 0 spiro atoms. The van der Waals surface area contributed by atoms with Crippen LogP contribution in [0.4, 0.5) is 5.69 Å². The molecule has 130 valence electrons. The van der Waals surface area contributed by atoms with Crippen molar-refractivity contribution in [3.05, 3.63) is 64.7 Å². The first-order chi connectivity index (χ1) is 12.1. The van der Waals surface area contributed by atoms with Crippen LogP contribution in [-0.2, 0) is 22.6 Å². The first-order valence-corrected chi connectivity index (χ1v) is 9.56. The Morgan fingerprint density at radius 3 is 2.76 bits per heavy atom. The molecular formula is C19H19ClN2O2S. The van der Waals surface area contributed by atoms with Gasteiger partial charge in [-0.05, 0) is 42.2 Å². The number of hydrogen-bond donors (Lipinski definition) is 2. The molecule has 3 rings (SSSR count). The quantitative estimate of drug-likeness (QED) is 0.840. The summed E-state index contributed by atoms with van der Waals surface area (Å²) in [6, 6.07) is 15.2. The monoisotopic (exact) mass is 374 g/mol. The standard InChI is InChI=1S/C19H19ClN2O2S/c20-15-8-5-13(6-9-15)11-21-18(23)12-25-17-10-7-14-3-1-2-4-16(14)22-19(17)24/h1-6,8-9,17H,7,10-12H2,(H,21,23)(H,22,24)/t17-/m1/s1. The lowest BCUT2D eigenvalue weighted by Crippen LogP contribution is -2.29. The number of fused-ring (bicyclic) bond motifs is 1. The maximum Gasteiger partial charge on any atom is 0.237 e. The van der Waals surface area contributed by atoms with E-state index in [9.17, 15) is 9.59 Å². The Balaban J connectivity index is 1.47. The average molecular weight is 375 g/mol. The highest BCUT2D eigenvalue weighted by atomic mass is 35.5. The van der Waals surface area contributed by atoms with Crippen molar-refractivity contribution in [3.63, 3.8) is 0 Å². The van der Waals surface area contributed by atoms with Gasteiger partial charge in [0.15, 0.2) is 0 Å². The lowest BCUT2D eigenvalue weighted by molar-refractivity contribution is -0.118. The molecule has 0 radical (unpaired) electrons. The van der Waals surface area contributed by atoms with E-state index in [1.807, 2.05) is 36.4 Å². The molecule has 1 aliphatic heterocycles.